The molecule has 0 aliphatic heterocycles. The lowest BCUT2D eigenvalue weighted by atomic mass is 10.1. The average molecular weight is 376 g/mol. The third-order valence-corrected chi connectivity index (χ3v) is 3.88. The maximum atomic E-state index is 12.0. The molecule has 0 aliphatic rings. The monoisotopic (exact) mass is 376 g/mol. The number of primary amides is 1. The number of aryl methyl sites for hydroxylation is 1. The summed E-state index contributed by atoms with van der Waals surface area (Å²) in [5.41, 5.74) is 6.23. The molecule has 1 atom stereocenters. The van der Waals surface area contributed by atoms with Gasteiger partial charge in [-0.1, -0.05) is 12.1 Å². The van der Waals surface area contributed by atoms with Crippen LogP contribution in [-0.2, 0) is 9.59 Å². The van der Waals surface area contributed by atoms with Gasteiger partial charge in [-0.2, -0.15) is 0 Å². The molecule has 2 amide bonds. The number of carbonyl (C=O) groups is 3. The molecule has 0 saturated heterocycles. The molecule has 102 valence electrons. The van der Waals surface area contributed by atoms with E-state index in [0.29, 0.717) is 5.56 Å². The van der Waals surface area contributed by atoms with Gasteiger partial charge >= 0.3 is 5.97 Å². The van der Waals surface area contributed by atoms with E-state index >= 15 is 0 Å². The van der Waals surface area contributed by atoms with Crippen LogP contribution in [0.15, 0.2) is 18.2 Å². The Hall–Kier alpha value is -1.64. The van der Waals surface area contributed by atoms with Crippen molar-refractivity contribution in [2.45, 2.75) is 19.4 Å². The number of amides is 2. The second-order valence-corrected chi connectivity index (χ2v) is 5.05. The average Bonchev–Trinajstić information content (AvgIpc) is 2.31. The highest BCUT2D eigenvalue weighted by atomic mass is 127. The third kappa shape index (κ3) is 4.19. The normalized spacial score (nSPS) is 11.7. The predicted molar refractivity (Wildman–Crippen MR) is 76.6 cm³/mol. The minimum atomic E-state index is -1.32. The zero-order valence-corrected chi connectivity index (χ0v) is 12.3. The molecular formula is C12H13IN2O4. The number of halogens is 1. The van der Waals surface area contributed by atoms with Gasteiger partial charge in [0.25, 0.3) is 5.91 Å². The lowest BCUT2D eigenvalue weighted by Crippen LogP contribution is -2.43. The summed E-state index contributed by atoms with van der Waals surface area (Å²) in [4.78, 5) is 33.7. The number of rotatable bonds is 5. The molecule has 0 fully saturated rings. The standard InChI is InChI=1S/C12H13IN2O4/c1-6-3-2-4-7(10(6)13)11(17)15-8(12(18)19)5-9(14)16/h2-4,8H,5H2,1H3,(H2,14,16)(H,15,17)(H,18,19)/t8-/m1/s1. The molecule has 1 rings (SSSR count). The Labute approximate surface area is 123 Å². The number of aliphatic carboxylic acids is 1. The van der Waals surface area contributed by atoms with Gasteiger partial charge in [-0.3, -0.25) is 9.59 Å². The first kappa shape index (κ1) is 15.4. The molecule has 0 aromatic heterocycles. The van der Waals surface area contributed by atoms with E-state index in [9.17, 15) is 14.4 Å². The molecule has 0 heterocycles. The van der Waals surface area contributed by atoms with Gasteiger partial charge in [0, 0.05) is 3.57 Å². The Morgan fingerprint density at radius 2 is 2.05 bits per heavy atom. The van der Waals surface area contributed by atoms with Crippen molar-refractivity contribution < 1.29 is 19.5 Å². The van der Waals surface area contributed by atoms with Crippen LogP contribution >= 0.6 is 22.6 Å². The molecule has 19 heavy (non-hydrogen) atoms. The van der Waals surface area contributed by atoms with Gasteiger partial charge in [0.2, 0.25) is 5.91 Å². The second-order valence-electron chi connectivity index (χ2n) is 3.97. The number of benzene rings is 1. The van der Waals surface area contributed by atoms with Crippen LogP contribution in [0.4, 0.5) is 0 Å². The molecule has 0 spiro atoms. The van der Waals surface area contributed by atoms with Crippen LogP contribution in [0.25, 0.3) is 0 Å². The Bertz CT molecular complexity index is 530. The fourth-order valence-electron chi connectivity index (χ4n) is 1.46. The molecule has 1 aromatic carbocycles. The Balaban J connectivity index is 2.91. The van der Waals surface area contributed by atoms with Crippen LogP contribution in [0, 0.1) is 10.5 Å². The minimum Gasteiger partial charge on any atom is -0.480 e. The molecule has 7 heteroatoms. The van der Waals surface area contributed by atoms with Crippen molar-refractivity contribution in [1.82, 2.24) is 5.32 Å². The van der Waals surface area contributed by atoms with Gasteiger partial charge < -0.3 is 16.2 Å². The summed E-state index contributed by atoms with van der Waals surface area (Å²) < 4.78 is 0.737. The molecule has 6 nitrogen and oxygen atoms in total. The number of hydrogen-bond donors (Lipinski definition) is 3. The van der Waals surface area contributed by atoms with E-state index in [1.165, 1.54) is 0 Å². The van der Waals surface area contributed by atoms with Gasteiger partial charge in [0.05, 0.1) is 12.0 Å². The van der Waals surface area contributed by atoms with Gasteiger partial charge in [0.1, 0.15) is 6.04 Å². The summed E-state index contributed by atoms with van der Waals surface area (Å²) in [6.45, 7) is 1.84. The van der Waals surface area contributed by atoms with Crippen molar-refractivity contribution in [3.63, 3.8) is 0 Å². The van der Waals surface area contributed by atoms with Crippen LogP contribution in [0.3, 0.4) is 0 Å². The van der Waals surface area contributed by atoms with Crippen molar-refractivity contribution in [1.29, 1.82) is 0 Å². The maximum absolute atomic E-state index is 12.0. The fraction of sp³-hybridized carbons (Fsp3) is 0.250. The fourth-order valence-corrected chi connectivity index (χ4v) is 2.06. The molecule has 0 bridgehead atoms. The highest BCUT2D eigenvalue weighted by Crippen LogP contribution is 2.16. The number of carboxylic acid groups (broad SMARTS) is 1. The highest BCUT2D eigenvalue weighted by molar-refractivity contribution is 14.1. The lowest BCUT2D eigenvalue weighted by Gasteiger charge is -2.14. The van der Waals surface area contributed by atoms with Crippen molar-refractivity contribution in [3.8, 4) is 0 Å². The van der Waals surface area contributed by atoms with E-state index < -0.39 is 30.2 Å². The molecule has 1 aromatic rings. The first-order valence-corrected chi connectivity index (χ1v) is 6.48. The smallest absolute Gasteiger partial charge is 0.326 e. The zero-order valence-electron chi connectivity index (χ0n) is 10.1. The summed E-state index contributed by atoms with van der Waals surface area (Å²) in [7, 11) is 0. The first-order valence-electron chi connectivity index (χ1n) is 5.40. The van der Waals surface area contributed by atoms with Crippen molar-refractivity contribution in [2.75, 3.05) is 0 Å². The summed E-state index contributed by atoms with van der Waals surface area (Å²) in [5.74, 6) is -2.62. The van der Waals surface area contributed by atoms with Crippen LogP contribution < -0.4 is 11.1 Å². The number of nitrogens with two attached hydrogens (primary N) is 1. The van der Waals surface area contributed by atoms with Gasteiger partial charge in [-0.05, 0) is 41.1 Å². The Morgan fingerprint density at radius 1 is 1.42 bits per heavy atom. The second kappa shape index (κ2) is 6.50. The topological polar surface area (TPSA) is 109 Å². The number of nitrogens with one attached hydrogen (secondary N) is 1. The third-order valence-electron chi connectivity index (χ3n) is 2.45. The molecular weight excluding hydrogens is 363 g/mol. The van der Waals surface area contributed by atoms with E-state index in [4.69, 9.17) is 10.8 Å². The highest BCUT2D eigenvalue weighted by Gasteiger charge is 2.23. The van der Waals surface area contributed by atoms with Crippen molar-refractivity contribution >= 4 is 40.4 Å². The van der Waals surface area contributed by atoms with E-state index in [-0.39, 0.29) is 0 Å². The van der Waals surface area contributed by atoms with Crippen molar-refractivity contribution in [2.24, 2.45) is 5.73 Å². The van der Waals surface area contributed by atoms with Crippen LogP contribution in [-0.4, -0.2) is 28.9 Å². The predicted octanol–water partition coefficient (Wildman–Crippen LogP) is 0.658. The summed E-state index contributed by atoms with van der Waals surface area (Å²) in [6, 6.07) is 3.82. The largest absolute Gasteiger partial charge is 0.480 e. The van der Waals surface area contributed by atoms with E-state index in [0.717, 1.165) is 9.13 Å². The SMILES string of the molecule is Cc1cccc(C(=O)N[C@H](CC(N)=O)C(=O)O)c1I. The number of hydrogen-bond acceptors (Lipinski definition) is 3. The number of carbonyl (C=O) groups excluding carboxylic acids is 2. The zero-order chi connectivity index (χ0) is 14.6. The molecule has 4 N–H and O–H groups in total. The Kier molecular flexibility index (Phi) is 5.28. The first-order chi connectivity index (χ1) is 8.82. The maximum Gasteiger partial charge on any atom is 0.326 e. The Morgan fingerprint density at radius 3 is 2.58 bits per heavy atom. The molecule has 0 aliphatic carbocycles. The van der Waals surface area contributed by atoms with Crippen LogP contribution in [0.2, 0.25) is 0 Å². The van der Waals surface area contributed by atoms with Crippen molar-refractivity contribution in [3.05, 3.63) is 32.9 Å². The molecule has 0 radical (unpaired) electrons. The van der Waals surface area contributed by atoms with Crippen LogP contribution in [0.1, 0.15) is 22.3 Å². The van der Waals surface area contributed by atoms with E-state index in [1.54, 1.807) is 12.1 Å². The van der Waals surface area contributed by atoms with E-state index in [2.05, 4.69) is 5.32 Å². The van der Waals surface area contributed by atoms with Crippen LogP contribution in [0.5, 0.6) is 0 Å². The summed E-state index contributed by atoms with van der Waals surface area (Å²) in [5, 5.41) is 11.2. The lowest BCUT2D eigenvalue weighted by molar-refractivity contribution is -0.140. The quantitative estimate of drug-likeness (QED) is 0.656. The molecule has 0 saturated carbocycles. The van der Waals surface area contributed by atoms with Gasteiger partial charge in [-0.25, -0.2) is 4.79 Å². The molecule has 0 unspecified atom stereocenters. The van der Waals surface area contributed by atoms with Gasteiger partial charge in [-0.15, -0.1) is 0 Å². The van der Waals surface area contributed by atoms with Gasteiger partial charge in [0.15, 0.2) is 0 Å². The summed E-state index contributed by atoms with van der Waals surface area (Å²) >= 11 is 2.01. The minimum absolute atomic E-state index is 0.372. The summed E-state index contributed by atoms with van der Waals surface area (Å²) in [6.07, 6.45) is -0.441. The number of carboxylic acids is 1. The van der Waals surface area contributed by atoms with E-state index in [1.807, 2.05) is 35.6 Å².